The van der Waals surface area contributed by atoms with Crippen LogP contribution in [-0.2, 0) is 7.05 Å². The van der Waals surface area contributed by atoms with Crippen molar-refractivity contribution in [1.29, 1.82) is 0 Å². The van der Waals surface area contributed by atoms with Gasteiger partial charge in [-0.3, -0.25) is 4.79 Å². The smallest absolute Gasteiger partial charge is 0.197 e. The van der Waals surface area contributed by atoms with E-state index in [1.165, 1.54) is 12.1 Å². The van der Waals surface area contributed by atoms with E-state index in [0.29, 0.717) is 10.8 Å². The summed E-state index contributed by atoms with van der Waals surface area (Å²) in [6, 6.07) is 9.40. The summed E-state index contributed by atoms with van der Waals surface area (Å²) in [6.07, 6.45) is 0. The first-order valence-corrected chi connectivity index (χ1v) is 5.52. The molecule has 0 aliphatic heterocycles. The Labute approximate surface area is 102 Å². The predicted octanol–water partition coefficient (Wildman–Crippen LogP) is 2.10. The first kappa shape index (κ1) is 10.7. The van der Waals surface area contributed by atoms with Crippen LogP contribution in [0.5, 0.6) is 11.5 Å². The number of hydrogen-bond donors (Lipinski definition) is 2. The number of fused-ring (bicyclic) bond motifs is 2. The summed E-state index contributed by atoms with van der Waals surface area (Å²) < 4.78 is 1.87. The van der Waals surface area contributed by atoms with Gasteiger partial charge < -0.3 is 14.8 Å². The third-order valence-electron chi connectivity index (χ3n) is 3.17. The SMILES string of the molecule is Cn1c2ccc(O)cc2c(=O)c2cc(O)ccc21. The topological polar surface area (TPSA) is 62.5 Å². The average Bonchev–Trinajstić information content (AvgIpc) is 2.35. The molecule has 0 aliphatic carbocycles. The van der Waals surface area contributed by atoms with Gasteiger partial charge in [0.25, 0.3) is 0 Å². The maximum absolute atomic E-state index is 12.3. The van der Waals surface area contributed by atoms with Crippen molar-refractivity contribution >= 4 is 21.8 Å². The highest BCUT2D eigenvalue weighted by Gasteiger charge is 2.09. The van der Waals surface area contributed by atoms with Gasteiger partial charge in [0, 0.05) is 17.8 Å². The molecule has 1 heterocycles. The van der Waals surface area contributed by atoms with E-state index < -0.39 is 0 Å². The Bertz CT molecular complexity index is 768. The lowest BCUT2D eigenvalue weighted by Gasteiger charge is -2.10. The Kier molecular flexibility index (Phi) is 2.07. The summed E-state index contributed by atoms with van der Waals surface area (Å²) in [7, 11) is 1.85. The molecule has 0 spiro atoms. The van der Waals surface area contributed by atoms with Crippen LogP contribution in [-0.4, -0.2) is 14.8 Å². The van der Waals surface area contributed by atoms with Crippen LogP contribution in [0.1, 0.15) is 0 Å². The van der Waals surface area contributed by atoms with Crippen molar-refractivity contribution in [1.82, 2.24) is 4.57 Å². The number of phenolic OH excluding ortho intramolecular Hbond substituents is 2. The molecule has 3 aromatic rings. The van der Waals surface area contributed by atoms with E-state index in [-0.39, 0.29) is 16.9 Å². The third kappa shape index (κ3) is 1.35. The van der Waals surface area contributed by atoms with Crippen molar-refractivity contribution in [2.75, 3.05) is 0 Å². The number of phenols is 2. The van der Waals surface area contributed by atoms with Crippen LogP contribution in [0.3, 0.4) is 0 Å². The van der Waals surface area contributed by atoms with Gasteiger partial charge in [-0.15, -0.1) is 0 Å². The number of aromatic nitrogens is 1. The molecule has 0 saturated heterocycles. The Balaban J connectivity index is 2.65. The summed E-state index contributed by atoms with van der Waals surface area (Å²) in [5, 5.41) is 19.8. The predicted molar refractivity (Wildman–Crippen MR) is 70.0 cm³/mol. The van der Waals surface area contributed by atoms with Crippen molar-refractivity contribution in [2.45, 2.75) is 0 Å². The van der Waals surface area contributed by atoms with Gasteiger partial charge in [0.1, 0.15) is 11.5 Å². The molecule has 4 heteroatoms. The molecule has 0 fully saturated rings. The van der Waals surface area contributed by atoms with E-state index in [2.05, 4.69) is 0 Å². The zero-order valence-corrected chi connectivity index (χ0v) is 9.71. The van der Waals surface area contributed by atoms with Crippen LogP contribution < -0.4 is 5.43 Å². The molecule has 2 N–H and O–H groups in total. The summed E-state index contributed by atoms with van der Waals surface area (Å²) in [4.78, 5) is 12.3. The highest BCUT2D eigenvalue weighted by Crippen LogP contribution is 2.23. The van der Waals surface area contributed by atoms with E-state index in [9.17, 15) is 15.0 Å². The molecule has 1 aromatic heterocycles. The maximum Gasteiger partial charge on any atom is 0.197 e. The molecule has 0 unspecified atom stereocenters. The lowest BCUT2D eigenvalue weighted by molar-refractivity contribution is 0.476. The number of aromatic hydroxyl groups is 2. The normalized spacial score (nSPS) is 11.2. The fraction of sp³-hybridized carbons (Fsp3) is 0.0714. The second-order valence-electron chi connectivity index (χ2n) is 4.29. The molecule has 0 radical (unpaired) electrons. The Hall–Kier alpha value is -2.49. The molecular formula is C14H11NO3. The van der Waals surface area contributed by atoms with Gasteiger partial charge in [0.2, 0.25) is 0 Å². The van der Waals surface area contributed by atoms with Gasteiger partial charge >= 0.3 is 0 Å². The fourth-order valence-electron chi connectivity index (χ4n) is 2.27. The number of nitrogens with zero attached hydrogens (tertiary/aromatic N) is 1. The molecule has 0 atom stereocenters. The van der Waals surface area contributed by atoms with E-state index in [4.69, 9.17) is 0 Å². The minimum absolute atomic E-state index is 0.0547. The molecule has 18 heavy (non-hydrogen) atoms. The number of rotatable bonds is 0. The van der Waals surface area contributed by atoms with Crippen molar-refractivity contribution in [3.8, 4) is 11.5 Å². The summed E-state index contributed by atoms with van der Waals surface area (Å²) >= 11 is 0. The zero-order chi connectivity index (χ0) is 12.9. The highest BCUT2D eigenvalue weighted by molar-refractivity contribution is 5.94. The van der Waals surface area contributed by atoms with Crippen LogP contribution in [0.15, 0.2) is 41.2 Å². The third-order valence-corrected chi connectivity index (χ3v) is 3.17. The quantitative estimate of drug-likeness (QED) is 0.592. The van der Waals surface area contributed by atoms with E-state index in [1.54, 1.807) is 24.3 Å². The minimum Gasteiger partial charge on any atom is -0.508 e. The lowest BCUT2D eigenvalue weighted by Crippen LogP contribution is -2.08. The lowest BCUT2D eigenvalue weighted by atomic mass is 10.1. The van der Waals surface area contributed by atoms with Gasteiger partial charge in [0.15, 0.2) is 5.43 Å². The monoisotopic (exact) mass is 241 g/mol. The Morgan fingerprint density at radius 3 is 1.78 bits per heavy atom. The standard InChI is InChI=1S/C14H11NO3/c1-15-12-4-2-8(16)6-10(12)14(18)11-7-9(17)3-5-13(11)15/h2-7,16-17H,1H3. The Morgan fingerprint density at radius 2 is 1.33 bits per heavy atom. The van der Waals surface area contributed by atoms with Crippen molar-refractivity contribution < 1.29 is 10.2 Å². The summed E-state index contributed by atoms with van der Waals surface area (Å²) in [6.45, 7) is 0. The summed E-state index contributed by atoms with van der Waals surface area (Å²) in [5.41, 5.74) is 1.30. The van der Waals surface area contributed by atoms with Crippen LogP contribution >= 0.6 is 0 Å². The second kappa shape index (κ2) is 3.50. The van der Waals surface area contributed by atoms with E-state index in [1.807, 2.05) is 11.6 Å². The van der Waals surface area contributed by atoms with Gasteiger partial charge in [-0.2, -0.15) is 0 Å². The van der Waals surface area contributed by atoms with Gasteiger partial charge in [0.05, 0.1) is 11.0 Å². The van der Waals surface area contributed by atoms with Crippen LogP contribution in [0.4, 0.5) is 0 Å². The molecule has 3 rings (SSSR count). The van der Waals surface area contributed by atoms with Gasteiger partial charge in [-0.1, -0.05) is 0 Å². The molecule has 2 aromatic carbocycles. The number of pyridine rings is 1. The minimum atomic E-state index is -0.190. The maximum atomic E-state index is 12.3. The fourth-order valence-corrected chi connectivity index (χ4v) is 2.27. The zero-order valence-electron chi connectivity index (χ0n) is 9.71. The Morgan fingerprint density at radius 1 is 0.889 bits per heavy atom. The average molecular weight is 241 g/mol. The molecule has 0 aliphatic rings. The second-order valence-corrected chi connectivity index (χ2v) is 4.29. The van der Waals surface area contributed by atoms with Crippen molar-refractivity contribution in [3.63, 3.8) is 0 Å². The van der Waals surface area contributed by atoms with E-state index >= 15 is 0 Å². The number of aryl methyl sites for hydroxylation is 1. The molecule has 0 saturated carbocycles. The largest absolute Gasteiger partial charge is 0.508 e. The van der Waals surface area contributed by atoms with Crippen LogP contribution in [0.2, 0.25) is 0 Å². The van der Waals surface area contributed by atoms with Crippen molar-refractivity contribution in [3.05, 3.63) is 46.6 Å². The van der Waals surface area contributed by atoms with Crippen LogP contribution in [0.25, 0.3) is 21.8 Å². The molecule has 0 amide bonds. The molecular weight excluding hydrogens is 230 g/mol. The molecule has 90 valence electrons. The van der Waals surface area contributed by atoms with E-state index in [0.717, 1.165) is 11.0 Å². The van der Waals surface area contributed by atoms with Crippen LogP contribution in [0, 0.1) is 0 Å². The van der Waals surface area contributed by atoms with Gasteiger partial charge in [-0.05, 0) is 36.4 Å². The van der Waals surface area contributed by atoms with Gasteiger partial charge in [-0.25, -0.2) is 0 Å². The molecule has 0 bridgehead atoms. The highest BCUT2D eigenvalue weighted by atomic mass is 16.3. The first-order chi connectivity index (χ1) is 8.58. The summed E-state index contributed by atoms with van der Waals surface area (Å²) in [5.74, 6) is 0.109. The number of benzene rings is 2. The number of hydrogen-bond acceptors (Lipinski definition) is 3. The molecule has 4 nitrogen and oxygen atoms in total. The first-order valence-electron chi connectivity index (χ1n) is 5.52. The van der Waals surface area contributed by atoms with Crippen molar-refractivity contribution in [2.24, 2.45) is 7.05 Å².